The summed E-state index contributed by atoms with van der Waals surface area (Å²) in [5, 5.41) is 4.19. The molecule has 0 aromatic carbocycles. The number of rotatable bonds is 6. The van der Waals surface area contributed by atoms with E-state index in [1.54, 1.807) is 4.52 Å². The Morgan fingerprint density at radius 3 is 2.84 bits per heavy atom. The van der Waals surface area contributed by atoms with Crippen LogP contribution in [0.1, 0.15) is 35.2 Å². The highest BCUT2D eigenvalue weighted by Gasteiger charge is 2.16. The topological polar surface area (TPSA) is 63.4 Å². The first kappa shape index (κ1) is 17.8. The molecule has 0 aliphatic heterocycles. The molecule has 3 rings (SSSR count). The zero-order valence-corrected chi connectivity index (χ0v) is 16.1. The number of halogens is 1. The van der Waals surface area contributed by atoms with Crippen LogP contribution in [0.2, 0.25) is 4.34 Å². The molecule has 0 bridgehead atoms. The lowest BCUT2D eigenvalue weighted by Crippen LogP contribution is -2.30. The minimum Gasteiger partial charge on any atom is -0.338 e. The van der Waals surface area contributed by atoms with Crippen molar-refractivity contribution in [2.24, 2.45) is 0 Å². The Balaban J connectivity index is 1.70. The van der Waals surface area contributed by atoms with Gasteiger partial charge in [0.2, 0.25) is 5.91 Å². The van der Waals surface area contributed by atoms with E-state index in [1.165, 1.54) is 17.7 Å². The molecule has 25 heavy (non-hydrogen) atoms. The number of hydrogen-bond acceptors (Lipinski definition) is 5. The van der Waals surface area contributed by atoms with E-state index < -0.39 is 0 Å². The highest BCUT2D eigenvalue weighted by atomic mass is 35.5. The maximum absolute atomic E-state index is 12.6. The summed E-state index contributed by atoms with van der Waals surface area (Å²) >= 11 is 7.49. The van der Waals surface area contributed by atoms with Gasteiger partial charge in [0, 0.05) is 29.2 Å². The third-order valence-corrected chi connectivity index (χ3v) is 5.50. The highest BCUT2D eigenvalue weighted by molar-refractivity contribution is 7.16. The largest absolute Gasteiger partial charge is 0.338 e. The van der Waals surface area contributed by atoms with Gasteiger partial charge in [-0.1, -0.05) is 11.6 Å². The predicted octanol–water partition coefficient (Wildman–Crippen LogP) is 3.44. The average molecular weight is 378 g/mol. The van der Waals surface area contributed by atoms with Crippen LogP contribution < -0.4 is 0 Å². The maximum atomic E-state index is 12.6. The van der Waals surface area contributed by atoms with Crippen LogP contribution in [0.25, 0.3) is 5.78 Å². The van der Waals surface area contributed by atoms with Crippen LogP contribution in [0.15, 0.2) is 18.5 Å². The van der Waals surface area contributed by atoms with Gasteiger partial charge in [-0.25, -0.2) is 9.50 Å². The van der Waals surface area contributed by atoms with Crippen molar-refractivity contribution < 1.29 is 4.79 Å². The van der Waals surface area contributed by atoms with Crippen molar-refractivity contribution in [3.05, 3.63) is 44.6 Å². The van der Waals surface area contributed by atoms with Crippen LogP contribution in [-0.4, -0.2) is 36.9 Å². The van der Waals surface area contributed by atoms with E-state index in [-0.39, 0.29) is 5.91 Å². The third-order valence-electron chi connectivity index (χ3n) is 4.29. The SMILES string of the molecule is CCN(Cc1ccc(Cl)s1)C(=O)CCc1c(C)nc2ncnn2c1C. The first-order chi connectivity index (χ1) is 12.0. The quantitative estimate of drug-likeness (QED) is 0.660. The molecule has 0 spiro atoms. The number of aromatic nitrogens is 4. The van der Waals surface area contributed by atoms with Crippen LogP contribution in [0, 0.1) is 13.8 Å². The summed E-state index contributed by atoms with van der Waals surface area (Å²) in [4.78, 5) is 24.2. The van der Waals surface area contributed by atoms with Crippen molar-refractivity contribution in [1.29, 1.82) is 0 Å². The molecule has 132 valence electrons. The van der Waals surface area contributed by atoms with Gasteiger partial charge in [0.25, 0.3) is 5.78 Å². The summed E-state index contributed by atoms with van der Waals surface area (Å²) in [7, 11) is 0. The van der Waals surface area contributed by atoms with E-state index in [4.69, 9.17) is 11.6 Å². The first-order valence-corrected chi connectivity index (χ1v) is 9.36. The van der Waals surface area contributed by atoms with E-state index in [2.05, 4.69) is 15.1 Å². The fourth-order valence-electron chi connectivity index (χ4n) is 2.91. The number of carbonyl (C=O) groups excluding carboxylic acids is 1. The molecule has 3 heterocycles. The van der Waals surface area contributed by atoms with Crippen molar-refractivity contribution >= 4 is 34.6 Å². The van der Waals surface area contributed by atoms with Crippen molar-refractivity contribution in [3.8, 4) is 0 Å². The molecule has 0 aliphatic carbocycles. The van der Waals surface area contributed by atoms with Gasteiger partial charge in [-0.05, 0) is 44.9 Å². The van der Waals surface area contributed by atoms with Crippen molar-refractivity contribution in [2.45, 2.75) is 40.2 Å². The van der Waals surface area contributed by atoms with Gasteiger partial charge >= 0.3 is 0 Å². The Morgan fingerprint density at radius 2 is 2.16 bits per heavy atom. The number of amides is 1. The number of thiophene rings is 1. The lowest BCUT2D eigenvalue weighted by atomic mass is 10.1. The van der Waals surface area contributed by atoms with Crippen LogP contribution in [0.5, 0.6) is 0 Å². The molecule has 6 nitrogen and oxygen atoms in total. The summed E-state index contributed by atoms with van der Waals surface area (Å²) in [5.41, 5.74) is 2.95. The van der Waals surface area contributed by atoms with Gasteiger partial charge in [-0.3, -0.25) is 4.79 Å². The van der Waals surface area contributed by atoms with Crippen LogP contribution in [0.4, 0.5) is 0 Å². The van der Waals surface area contributed by atoms with Gasteiger partial charge < -0.3 is 4.90 Å². The number of nitrogens with zero attached hydrogens (tertiary/aromatic N) is 5. The highest BCUT2D eigenvalue weighted by Crippen LogP contribution is 2.23. The van der Waals surface area contributed by atoms with Crippen LogP contribution >= 0.6 is 22.9 Å². The van der Waals surface area contributed by atoms with E-state index in [1.807, 2.05) is 37.8 Å². The molecular weight excluding hydrogens is 358 g/mol. The van der Waals surface area contributed by atoms with E-state index in [0.717, 1.165) is 26.2 Å². The van der Waals surface area contributed by atoms with Crippen molar-refractivity contribution in [3.63, 3.8) is 0 Å². The summed E-state index contributed by atoms with van der Waals surface area (Å²) in [6.45, 7) is 7.21. The number of hydrogen-bond donors (Lipinski definition) is 0. The van der Waals surface area contributed by atoms with Gasteiger partial charge in [0.15, 0.2) is 0 Å². The van der Waals surface area contributed by atoms with Gasteiger partial charge in [-0.2, -0.15) is 10.1 Å². The minimum atomic E-state index is 0.129. The molecule has 0 aliphatic rings. The Labute approximate surface area is 155 Å². The molecule has 0 N–H and O–H groups in total. The molecule has 3 aromatic rings. The smallest absolute Gasteiger partial charge is 0.252 e. The molecule has 0 saturated carbocycles. The summed E-state index contributed by atoms with van der Waals surface area (Å²) < 4.78 is 2.47. The van der Waals surface area contributed by atoms with Gasteiger partial charge in [-0.15, -0.1) is 11.3 Å². The second-order valence-electron chi connectivity index (χ2n) is 5.85. The van der Waals surface area contributed by atoms with E-state index in [0.29, 0.717) is 31.7 Å². The fourth-order valence-corrected chi connectivity index (χ4v) is 4.01. The van der Waals surface area contributed by atoms with E-state index >= 15 is 0 Å². The van der Waals surface area contributed by atoms with E-state index in [9.17, 15) is 4.79 Å². The second-order valence-corrected chi connectivity index (χ2v) is 7.65. The lowest BCUT2D eigenvalue weighted by Gasteiger charge is -2.20. The number of aryl methyl sites for hydroxylation is 2. The Hall–Kier alpha value is -1.99. The average Bonchev–Trinajstić information content (AvgIpc) is 3.20. The van der Waals surface area contributed by atoms with Crippen molar-refractivity contribution in [2.75, 3.05) is 6.54 Å². The second kappa shape index (κ2) is 7.49. The predicted molar refractivity (Wildman–Crippen MR) is 99.0 cm³/mol. The summed E-state index contributed by atoms with van der Waals surface area (Å²) in [5.74, 6) is 0.722. The molecule has 0 atom stereocenters. The minimum absolute atomic E-state index is 0.129. The Morgan fingerprint density at radius 1 is 1.36 bits per heavy atom. The number of fused-ring (bicyclic) bond motifs is 1. The Bertz CT molecular complexity index is 904. The van der Waals surface area contributed by atoms with Gasteiger partial charge in [0.05, 0.1) is 10.9 Å². The molecule has 3 aromatic heterocycles. The van der Waals surface area contributed by atoms with Crippen molar-refractivity contribution in [1.82, 2.24) is 24.5 Å². The fraction of sp³-hybridized carbons (Fsp3) is 0.412. The third kappa shape index (κ3) is 3.82. The van der Waals surface area contributed by atoms with Crippen LogP contribution in [-0.2, 0) is 17.8 Å². The first-order valence-electron chi connectivity index (χ1n) is 8.17. The monoisotopic (exact) mass is 377 g/mol. The van der Waals surface area contributed by atoms with Gasteiger partial charge in [0.1, 0.15) is 6.33 Å². The molecule has 0 unspecified atom stereocenters. The molecular formula is C17H20ClN5OS. The Kier molecular flexibility index (Phi) is 5.34. The standard InChI is InChI=1S/C17H20ClN5OS/c1-4-22(9-13-5-7-15(18)25-13)16(24)8-6-14-11(2)21-17-19-10-20-23(17)12(14)3/h5,7,10H,4,6,8-9H2,1-3H3. The zero-order valence-electron chi connectivity index (χ0n) is 14.5. The molecule has 0 radical (unpaired) electrons. The normalized spacial score (nSPS) is 11.2. The summed E-state index contributed by atoms with van der Waals surface area (Å²) in [6, 6.07) is 3.84. The number of carbonyl (C=O) groups is 1. The summed E-state index contributed by atoms with van der Waals surface area (Å²) in [6.07, 6.45) is 2.58. The maximum Gasteiger partial charge on any atom is 0.252 e. The lowest BCUT2D eigenvalue weighted by molar-refractivity contribution is -0.131. The molecule has 0 saturated heterocycles. The van der Waals surface area contributed by atoms with Crippen LogP contribution in [0.3, 0.4) is 0 Å². The molecule has 8 heteroatoms. The zero-order chi connectivity index (χ0) is 18.0. The molecule has 0 fully saturated rings. The molecule has 1 amide bonds.